The molecule has 0 saturated carbocycles. The molecular formula is C18H16BrClN4OS. The average molecular weight is 452 g/mol. The fraction of sp³-hybridized carbons (Fsp3) is 0.111. The van der Waals surface area contributed by atoms with Gasteiger partial charge in [0.1, 0.15) is 5.75 Å². The average Bonchev–Trinajstić information content (AvgIpc) is 2.96. The smallest absolute Gasteiger partial charge is 0.176 e. The van der Waals surface area contributed by atoms with Crippen molar-refractivity contribution >= 4 is 56.4 Å². The van der Waals surface area contributed by atoms with E-state index in [9.17, 15) is 0 Å². The van der Waals surface area contributed by atoms with E-state index in [4.69, 9.17) is 28.6 Å². The van der Waals surface area contributed by atoms with Crippen LogP contribution in [-0.2, 0) is 6.54 Å². The molecule has 0 saturated heterocycles. The van der Waals surface area contributed by atoms with Crippen molar-refractivity contribution in [1.29, 1.82) is 0 Å². The fourth-order valence-electron chi connectivity index (χ4n) is 2.28. The number of nitrogens with one attached hydrogen (secondary N) is 2. The Morgan fingerprint density at radius 3 is 2.50 bits per heavy atom. The van der Waals surface area contributed by atoms with Crippen molar-refractivity contribution in [1.82, 2.24) is 9.78 Å². The van der Waals surface area contributed by atoms with Gasteiger partial charge in [-0.1, -0.05) is 23.7 Å². The normalized spacial score (nSPS) is 10.4. The molecule has 26 heavy (non-hydrogen) atoms. The van der Waals surface area contributed by atoms with Crippen LogP contribution in [0.25, 0.3) is 0 Å². The van der Waals surface area contributed by atoms with Gasteiger partial charge in [-0.15, -0.1) is 0 Å². The van der Waals surface area contributed by atoms with Gasteiger partial charge in [0.25, 0.3) is 0 Å². The third-order valence-electron chi connectivity index (χ3n) is 3.55. The summed E-state index contributed by atoms with van der Waals surface area (Å²) in [6, 6.07) is 15.2. The molecular weight excluding hydrogens is 436 g/mol. The molecule has 0 bridgehead atoms. The summed E-state index contributed by atoms with van der Waals surface area (Å²) in [7, 11) is 1.63. The highest BCUT2D eigenvalue weighted by Crippen LogP contribution is 2.22. The third-order valence-corrected chi connectivity index (χ3v) is 4.59. The van der Waals surface area contributed by atoms with Gasteiger partial charge in [0.2, 0.25) is 0 Å². The molecule has 0 fully saturated rings. The SMILES string of the molecule is COc1ccc(NC(=S)Nc2nn(Cc3ccc(Cl)cc3)cc2Br)cc1. The summed E-state index contributed by atoms with van der Waals surface area (Å²) in [5.74, 6) is 1.43. The van der Waals surface area contributed by atoms with Crippen LogP contribution in [-0.4, -0.2) is 22.0 Å². The second-order valence-electron chi connectivity index (χ2n) is 5.46. The van der Waals surface area contributed by atoms with E-state index in [1.807, 2.05) is 59.4 Å². The fourth-order valence-corrected chi connectivity index (χ4v) is 3.04. The molecule has 0 radical (unpaired) electrons. The largest absolute Gasteiger partial charge is 0.497 e. The van der Waals surface area contributed by atoms with Crippen LogP contribution in [0.5, 0.6) is 5.75 Å². The summed E-state index contributed by atoms with van der Waals surface area (Å²) in [6.45, 7) is 0.635. The molecule has 2 N–H and O–H groups in total. The maximum absolute atomic E-state index is 5.92. The van der Waals surface area contributed by atoms with E-state index in [-0.39, 0.29) is 0 Å². The highest BCUT2D eigenvalue weighted by Gasteiger charge is 2.09. The van der Waals surface area contributed by atoms with E-state index in [0.29, 0.717) is 22.5 Å². The molecule has 0 amide bonds. The monoisotopic (exact) mass is 450 g/mol. The molecule has 2 aromatic carbocycles. The topological polar surface area (TPSA) is 51.1 Å². The van der Waals surface area contributed by atoms with Crippen molar-refractivity contribution in [2.45, 2.75) is 6.54 Å². The van der Waals surface area contributed by atoms with Gasteiger partial charge in [-0.3, -0.25) is 4.68 Å². The number of methoxy groups -OCH3 is 1. The zero-order chi connectivity index (χ0) is 18.5. The van der Waals surface area contributed by atoms with E-state index in [1.54, 1.807) is 7.11 Å². The van der Waals surface area contributed by atoms with Gasteiger partial charge in [-0.05, 0) is 70.1 Å². The molecule has 1 heterocycles. The predicted molar refractivity (Wildman–Crippen MR) is 113 cm³/mol. The molecule has 0 unspecified atom stereocenters. The molecule has 0 aliphatic rings. The number of benzene rings is 2. The number of ether oxygens (including phenoxy) is 1. The quantitative estimate of drug-likeness (QED) is 0.524. The first-order valence-electron chi connectivity index (χ1n) is 7.73. The summed E-state index contributed by atoms with van der Waals surface area (Å²) < 4.78 is 7.79. The molecule has 8 heteroatoms. The van der Waals surface area contributed by atoms with Crippen molar-refractivity contribution in [2.75, 3.05) is 17.7 Å². The van der Waals surface area contributed by atoms with Crippen molar-refractivity contribution in [2.24, 2.45) is 0 Å². The van der Waals surface area contributed by atoms with Crippen LogP contribution in [0.3, 0.4) is 0 Å². The lowest BCUT2D eigenvalue weighted by atomic mass is 10.2. The van der Waals surface area contributed by atoms with Gasteiger partial charge in [0, 0.05) is 16.9 Å². The maximum Gasteiger partial charge on any atom is 0.176 e. The Bertz CT molecular complexity index is 897. The van der Waals surface area contributed by atoms with Crippen LogP contribution in [0, 0.1) is 0 Å². The highest BCUT2D eigenvalue weighted by molar-refractivity contribution is 9.10. The Kier molecular flexibility index (Phi) is 6.13. The van der Waals surface area contributed by atoms with E-state index in [1.165, 1.54) is 0 Å². The number of hydrogen-bond acceptors (Lipinski definition) is 3. The summed E-state index contributed by atoms with van der Waals surface area (Å²) in [5, 5.41) is 11.9. The first-order valence-corrected chi connectivity index (χ1v) is 9.31. The molecule has 3 rings (SSSR count). The Labute approximate surface area is 170 Å². The molecule has 134 valence electrons. The number of halogens is 2. The Morgan fingerprint density at radius 2 is 1.85 bits per heavy atom. The molecule has 5 nitrogen and oxygen atoms in total. The van der Waals surface area contributed by atoms with Crippen LogP contribution in [0.1, 0.15) is 5.56 Å². The van der Waals surface area contributed by atoms with Crippen LogP contribution in [0.2, 0.25) is 5.02 Å². The molecule has 0 aliphatic heterocycles. The number of hydrogen-bond donors (Lipinski definition) is 2. The second-order valence-corrected chi connectivity index (χ2v) is 7.16. The third kappa shape index (κ3) is 4.97. The van der Waals surface area contributed by atoms with Crippen LogP contribution in [0.4, 0.5) is 11.5 Å². The number of nitrogens with zero attached hydrogens (tertiary/aromatic N) is 2. The van der Waals surface area contributed by atoms with E-state index >= 15 is 0 Å². The van der Waals surface area contributed by atoms with E-state index in [2.05, 4.69) is 31.7 Å². The number of anilines is 2. The molecule has 0 spiro atoms. The lowest BCUT2D eigenvalue weighted by Gasteiger charge is -2.09. The number of rotatable bonds is 5. The van der Waals surface area contributed by atoms with E-state index < -0.39 is 0 Å². The minimum atomic E-state index is 0.451. The van der Waals surface area contributed by atoms with Gasteiger partial charge in [0.05, 0.1) is 18.1 Å². The van der Waals surface area contributed by atoms with Crippen LogP contribution in [0.15, 0.2) is 59.2 Å². The van der Waals surface area contributed by atoms with Crippen molar-refractivity contribution in [3.05, 3.63) is 69.8 Å². The summed E-state index contributed by atoms with van der Waals surface area (Å²) in [4.78, 5) is 0. The summed E-state index contributed by atoms with van der Waals surface area (Å²) in [5.41, 5.74) is 1.97. The van der Waals surface area contributed by atoms with Crippen molar-refractivity contribution < 1.29 is 4.74 Å². The standard InChI is InChI=1S/C18H16BrClN4OS/c1-25-15-8-6-14(7-9-15)21-18(26)22-17-16(19)11-24(23-17)10-12-2-4-13(20)5-3-12/h2-9,11H,10H2,1H3,(H2,21,22,23,26). The Balaban J connectivity index is 1.62. The zero-order valence-electron chi connectivity index (χ0n) is 13.9. The second kappa shape index (κ2) is 8.53. The minimum absolute atomic E-state index is 0.451. The van der Waals surface area contributed by atoms with Gasteiger partial charge >= 0.3 is 0 Å². The van der Waals surface area contributed by atoms with Gasteiger partial charge in [-0.25, -0.2) is 0 Å². The lowest BCUT2D eigenvalue weighted by molar-refractivity contribution is 0.415. The summed E-state index contributed by atoms with van der Waals surface area (Å²) in [6.07, 6.45) is 1.90. The number of thiocarbonyl (C=S) groups is 1. The predicted octanol–water partition coefficient (Wildman–Crippen LogP) is 5.16. The minimum Gasteiger partial charge on any atom is -0.497 e. The molecule has 1 aromatic heterocycles. The lowest BCUT2D eigenvalue weighted by Crippen LogP contribution is -2.19. The Morgan fingerprint density at radius 1 is 1.15 bits per heavy atom. The van der Waals surface area contributed by atoms with Crippen molar-refractivity contribution in [3.8, 4) is 5.75 Å². The highest BCUT2D eigenvalue weighted by atomic mass is 79.9. The van der Waals surface area contributed by atoms with Gasteiger partial charge in [-0.2, -0.15) is 5.10 Å². The molecule has 3 aromatic rings. The van der Waals surface area contributed by atoms with Gasteiger partial charge in [0.15, 0.2) is 10.9 Å². The van der Waals surface area contributed by atoms with Crippen LogP contribution < -0.4 is 15.4 Å². The Hall–Kier alpha value is -2.09. The maximum atomic E-state index is 5.92. The molecule has 0 aliphatic carbocycles. The van der Waals surface area contributed by atoms with E-state index in [0.717, 1.165) is 21.5 Å². The van der Waals surface area contributed by atoms with Gasteiger partial charge < -0.3 is 15.4 Å². The molecule has 0 atom stereocenters. The summed E-state index contributed by atoms with van der Waals surface area (Å²) >= 11 is 14.8. The zero-order valence-corrected chi connectivity index (χ0v) is 17.0. The first kappa shape index (κ1) is 18.7. The van der Waals surface area contributed by atoms with Crippen molar-refractivity contribution in [3.63, 3.8) is 0 Å². The first-order chi connectivity index (χ1) is 12.5. The number of aromatic nitrogens is 2. The van der Waals surface area contributed by atoms with Crippen LogP contribution >= 0.6 is 39.7 Å².